The molecule has 6 atom stereocenters. The summed E-state index contributed by atoms with van der Waals surface area (Å²) >= 11 is 0. The molecule has 4 nitrogen and oxygen atoms in total. The second-order valence-electron chi connectivity index (χ2n) is 15.7. The summed E-state index contributed by atoms with van der Waals surface area (Å²) < 4.78 is 0. The molecule has 2 saturated carbocycles. The van der Waals surface area contributed by atoms with Gasteiger partial charge >= 0.3 is 0 Å². The van der Waals surface area contributed by atoms with Crippen molar-refractivity contribution in [2.24, 2.45) is 22.7 Å². The molecule has 4 heteroatoms. The first-order valence-corrected chi connectivity index (χ1v) is 17.2. The Hall–Kier alpha value is -4.18. The van der Waals surface area contributed by atoms with E-state index in [-0.39, 0.29) is 0 Å². The summed E-state index contributed by atoms with van der Waals surface area (Å²) in [7, 11) is 0. The normalized spacial score (nSPS) is 27.5. The predicted molar refractivity (Wildman–Crippen MR) is 184 cm³/mol. The van der Waals surface area contributed by atoms with E-state index in [0.717, 1.165) is 35.6 Å². The van der Waals surface area contributed by atoms with Crippen LogP contribution < -0.4 is 0 Å². The molecule has 0 unspecified atom stereocenters. The molecule has 0 spiro atoms. The number of pyridine rings is 4. The van der Waals surface area contributed by atoms with E-state index in [0.29, 0.717) is 46.3 Å². The zero-order chi connectivity index (χ0) is 31.2. The summed E-state index contributed by atoms with van der Waals surface area (Å²) in [5.74, 6) is 3.55. The maximum absolute atomic E-state index is 4.92. The minimum atomic E-state index is 0.307. The molecule has 4 heterocycles. The third-order valence-electron chi connectivity index (χ3n) is 12.9. The highest BCUT2D eigenvalue weighted by molar-refractivity contribution is 5.59. The van der Waals surface area contributed by atoms with Crippen molar-refractivity contribution in [3.05, 3.63) is 131 Å². The molecule has 2 fully saturated rings. The Balaban J connectivity index is 1.04. The standard InChI is InChI=1S/C42H42N4/c1-41(2)33-21-35(41)31-23-45-39(37-12-5-7-14-43-37)19-27(31)29(33)17-25-10-9-11-26(16-25)18-30-28-20-40(38-13-6-8-15-44-38)46-24-32(28)36-22-34(30)42(36,3)4/h5-16,19-20,23-24,29-30,33-36H,17-18,21-22H2,1-4H3/t29-,30+,33-,34-,35+,36+/m0/s1. The van der Waals surface area contributed by atoms with Crippen LogP contribution in [0, 0.1) is 22.7 Å². The van der Waals surface area contributed by atoms with E-state index in [1.165, 1.54) is 46.2 Å². The average molecular weight is 603 g/mol. The maximum Gasteiger partial charge on any atom is 0.0889 e. The first-order valence-electron chi connectivity index (χ1n) is 17.2. The molecule has 0 saturated heterocycles. The lowest BCUT2D eigenvalue weighted by Crippen LogP contribution is -2.51. The third-order valence-corrected chi connectivity index (χ3v) is 12.9. The molecular weight excluding hydrogens is 560 g/mol. The van der Waals surface area contributed by atoms with Gasteiger partial charge in [-0.05, 0) is 142 Å². The van der Waals surface area contributed by atoms with Crippen molar-refractivity contribution >= 4 is 0 Å². The molecule has 0 amide bonds. The lowest BCUT2D eigenvalue weighted by atomic mass is 9.43. The SMILES string of the molecule is CC1(C)[C@@H]2C[C@H]1[C@H](Cc1cccc(C[C@H]3c4cc(-c5ccccn5)ncc4[C@H]4C[C@@H]3C4(C)C)c1)c1cc(-c3ccccn3)ncc12. The van der Waals surface area contributed by atoms with Crippen LogP contribution in [0.4, 0.5) is 0 Å². The number of rotatable bonds is 6. The van der Waals surface area contributed by atoms with Gasteiger partial charge in [0.1, 0.15) is 0 Å². The van der Waals surface area contributed by atoms with Crippen LogP contribution in [0.3, 0.4) is 0 Å². The van der Waals surface area contributed by atoms with Gasteiger partial charge in [0.2, 0.25) is 0 Å². The first kappa shape index (κ1) is 28.1. The zero-order valence-corrected chi connectivity index (χ0v) is 27.3. The number of nitrogens with zero attached hydrogens (tertiary/aromatic N) is 4. The van der Waals surface area contributed by atoms with Crippen LogP contribution in [-0.2, 0) is 12.8 Å². The van der Waals surface area contributed by atoms with E-state index in [1.807, 2.05) is 24.5 Å². The van der Waals surface area contributed by atoms with Crippen molar-refractivity contribution in [3.8, 4) is 22.8 Å². The number of aromatic nitrogens is 4. The molecule has 0 N–H and O–H groups in total. The Morgan fingerprint density at radius 1 is 0.522 bits per heavy atom. The fraction of sp³-hybridized carbons (Fsp3) is 0.381. The molecule has 46 heavy (non-hydrogen) atoms. The van der Waals surface area contributed by atoms with Crippen molar-refractivity contribution in [1.82, 2.24) is 19.9 Å². The van der Waals surface area contributed by atoms with Crippen molar-refractivity contribution in [2.45, 2.75) is 77.0 Å². The van der Waals surface area contributed by atoms with E-state index in [9.17, 15) is 0 Å². The third kappa shape index (κ3) is 4.18. The molecule has 5 aromatic rings. The van der Waals surface area contributed by atoms with Gasteiger partial charge in [-0.25, -0.2) is 0 Å². The van der Waals surface area contributed by atoms with Gasteiger partial charge < -0.3 is 0 Å². The molecule has 6 aliphatic carbocycles. The van der Waals surface area contributed by atoms with Crippen LogP contribution in [-0.4, -0.2) is 19.9 Å². The highest BCUT2D eigenvalue weighted by Gasteiger charge is 2.58. The molecule has 230 valence electrons. The second kappa shape index (κ2) is 10.2. The molecule has 1 aromatic carbocycles. The molecule has 6 aliphatic rings. The first-order chi connectivity index (χ1) is 22.3. The Bertz CT molecular complexity index is 1810. The fourth-order valence-corrected chi connectivity index (χ4v) is 10.2. The van der Waals surface area contributed by atoms with Crippen molar-refractivity contribution in [3.63, 3.8) is 0 Å². The van der Waals surface area contributed by atoms with Crippen LogP contribution in [0.2, 0.25) is 0 Å². The van der Waals surface area contributed by atoms with E-state index < -0.39 is 0 Å². The van der Waals surface area contributed by atoms with Crippen LogP contribution in [0.5, 0.6) is 0 Å². The summed E-state index contributed by atoms with van der Waals surface area (Å²) in [6.07, 6.45) is 12.8. The summed E-state index contributed by atoms with van der Waals surface area (Å²) in [5.41, 5.74) is 13.4. The highest BCUT2D eigenvalue weighted by atomic mass is 14.8. The van der Waals surface area contributed by atoms with Crippen LogP contribution in [0.1, 0.15) is 97.6 Å². The number of hydrogen-bond donors (Lipinski definition) is 0. The van der Waals surface area contributed by atoms with Crippen molar-refractivity contribution in [1.29, 1.82) is 0 Å². The minimum absolute atomic E-state index is 0.307. The van der Waals surface area contributed by atoms with E-state index in [2.05, 4.69) is 111 Å². The smallest absolute Gasteiger partial charge is 0.0889 e. The molecule has 0 aliphatic heterocycles. The van der Waals surface area contributed by atoms with E-state index >= 15 is 0 Å². The van der Waals surface area contributed by atoms with Gasteiger partial charge in [0, 0.05) is 24.8 Å². The monoisotopic (exact) mass is 602 g/mol. The Morgan fingerprint density at radius 3 is 1.41 bits per heavy atom. The average Bonchev–Trinajstić information content (AvgIpc) is 3.08. The van der Waals surface area contributed by atoms with Crippen molar-refractivity contribution < 1.29 is 0 Å². The van der Waals surface area contributed by atoms with Crippen LogP contribution in [0.15, 0.2) is 97.6 Å². The van der Waals surface area contributed by atoms with Crippen LogP contribution >= 0.6 is 0 Å². The lowest BCUT2D eigenvalue weighted by Gasteiger charge is -2.60. The Labute approximate surface area is 272 Å². The maximum atomic E-state index is 4.92. The Morgan fingerprint density at radius 2 is 1.00 bits per heavy atom. The second-order valence-corrected chi connectivity index (χ2v) is 15.7. The van der Waals surface area contributed by atoms with Gasteiger partial charge in [-0.2, -0.15) is 0 Å². The molecular formula is C42H42N4. The van der Waals surface area contributed by atoms with Gasteiger partial charge in [-0.15, -0.1) is 0 Å². The summed E-state index contributed by atoms with van der Waals surface area (Å²) in [4.78, 5) is 19.1. The quantitative estimate of drug-likeness (QED) is 0.194. The topological polar surface area (TPSA) is 51.6 Å². The molecule has 4 bridgehead atoms. The van der Waals surface area contributed by atoms with Crippen molar-refractivity contribution in [2.75, 3.05) is 0 Å². The minimum Gasteiger partial charge on any atom is -0.255 e. The summed E-state index contributed by atoms with van der Waals surface area (Å²) in [5, 5.41) is 0. The molecule has 4 aromatic heterocycles. The van der Waals surface area contributed by atoms with Gasteiger partial charge in [0.25, 0.3) is 0 Å². The number of benzene rings is 1. The lowest BCUT2D eigenvalue weighted by molar-refractivity contribution is -0.00613. The Kier molecular flexibility index (Phi) is 6.20. The van der Waals surface area contributed by atoms with Gasteiger partial charge in [-0.3, -0.25) is 19.9 Å². The van der Waals surface area contributed by atoms with E-state index in [1.54, 1.807) is 0 Å². The largest absolute Gasteiger partial charge is 0.255 e. The molecule has 11 rings (SSSR count). The van der Waals surface area contributed by atoms with Gasteiger partial charge in [-0.1, -0.05) is 64.1 Å². The van der Waals surface area contributed by atoms with E-state index in [4.69, 9.17) is 9.97 Å². The van der Waals surface area contributed by atoms with Gasteiger partial charge in [0.15, 0.2) is 0 Å². The van der Waals surface area contributed by atoms with Crippen LogP contribution in [0.25, 0.3) is 22.8 Å². The summed E-state index contributed by atoms with van der Waals surface area (Å²) in [6, 6.07) is 26.5. The summed E-state index contributed by atoms with van der Waals surface area (Å²) in [6.45, 7) is 9.92. The highest BCUT2D eigenvalue weighted by Crippen LogP contribution is 2.68. The zero-order valence-electron chi connectivity index (χ0n) is 27.3. The predicted octanol–water partition coefficient (Wildman–Crippen LogP) is 9.54. The fourth-order valence-electron chi connectivity index (χ4n) is 10.2. The number of hydrogen-bond acceptors (Lipinski definition) is 4. The molecule has 0 radical (unpaired) electrons. The van der Waals surface area contributed by atoms with Gasteiger partial charge in [0.05, 0.1) is 22.8 Å².